The molecule has 1 aliphatic carbocycles. The average Bonchev–Trinajstić information content (AvgIpc) is 3.50. The SMILES string of the molecule is CN1CCC(NC(=O)c2cnn3ccc(-c4c[nH]c5nc(NC6CCC(F)(F)CC6)ncc45)cc23)CC1. The Bertz CT molecular complexity index is 1430. The van der Waals surface area contributed by atoms with Crippen molar-refractivity contribution in [2.45, 2.75) is 56.5 Å². The molecular formula is C26H30F2N8O. The molecule has 3 N–H and O–H groups in total. The quantitative estimate of drug-likeness (QED) is 0.375. The third kappa shape index (κ3) is 4.87. The maximum absolute atomic E-state index is 13.5. The first kappa shape index (κ1) is 23.8. The second-order valence-corrected chi connectivity index (χ2v) is 10.3. The van der Waals surface area contributed by atoms with E-state index < -0.39 is 5.92 Å². The Labute approximate surface area is 212 Å². The summed E-state index contributed by atoms with van der Waals surface area (Å²) in [5, 5.41) is 11.6. The predicted molar refractivity (Wildman–Crippen MR) is 137 cm³/mol. The van der Waals surface area contributed by atoms with Crippen molar-refractivity contribution in [1.29, 1.82) is 0 Å². The molecule has 1 amide bonds. The molecule has 2 fully saturated rings. The fraction of sp³-hybridized carbons (Fsp3) is 0.462. The molecule has 0 bridgehead atoms. The van der Waals surface area contributed by atoms with Crippen molar-refractivity contribution in [2.75, 3.05) is 25.5 Å². The number of hydrogen-bond donors (Lipinski definition) is 3. The van der Waals surface area contributed by atoms with Crippen LogP contribution in [0, 0.1) is 0 Å². The molecule has 0 spiro atoms. The number of fused-ring (bicyclic) bond motifs is 2. The number of likely N-dealkylation sites (tertiary alicyclic amines) is 1. The van der Waals surface area contributed by atoms with Gasteiger partial charge in [-0.05, 0) is 63.5 Å². The second-order valence-electron chi connectivity index (χ2n) is 10.3. The Morgan fingerprint density at radius 2 is 1.92 bits per heavy atom. The third-order valence-electron chi connectivity index (χ3n) is 7.61. The van der Waals surface area contributed by atoms with Crippen LogP contribution < -0.4 is 10.6 Å². The molecule has 37 heavy (non-hydrogen) atoms. The van der Waals surface area contributed by atoms with Crippen LogP contribution in [0.15, 0.2) is 36.9 Å². The maximum atomic E-state index is 13.5. The van der Waals surface area contributed by atoms with E-state index in [1.807, 2.05) is 24.5 Å². The number of carbonyl (C=O) groups is 1. The van der Waals surface area contributed by atoms with Crippen molar-refractivity contribution in [3.8, 4) is 11.1 Å². The van der Waals surface area contributed by atoms with Crippen LogP contribution in [-0.2, 0) is 0 Å². The molecule has 5 heterocycles. The number of rotatable bonds is 5. The lowest BCUT2D eigenvalue weighted by Crippen LogP contribution is -2.43. The molecule has 1 saturated carbocycles. The summed E-state index contributed by atoms with van der Waals surface area (Å²) in [5.41, 5.74) is 3.74. The molecule has 11 heteroatoms. The Morgan fingerprint density at radius 3 is 2.70 bits per heavy atom. The first-order valence-corrected chi connectivity index (χ1v) is 12.8. The highest BCUT2D eigenvalue weighted by molar-refractivity contribution is 6.02. The zero-order valence-electron chi connectivity index (χ0n) is 20.7. The predicted octanol–water partition coefficient (Wildman–Crippen LogP) is 4.09. The Morgan fingerprint density at radius 1 is 1.14 bits per heavy atom. The first-order chi connectivity index (χ1) is 17.8. The lowest BCUT2D eigenvalue weighted by atomic mass is 9.92. The summed E-state index contributed by atoms with van der Waals surface area (Å²) >= 11 is 0. The van der Waals surface area contributed by atoms with Gasteiger partial charge >= 0.3 is 0 Å². The van der Waals surface area contributed by atoms with Gasteiger partial charge in [-0.3, -0.25) is 4.79 Å². The Balaban J connectivity index is 1.22. The van der Waals surface area contributed by atoms with Crippen LogP contribution in [0.3, 0.4) is 0 Å². The first-order valence-electron chi connectivity index (χ1n) is 12.8. The van der Waals surface area contributed by atoms with Gasteiger partial charge in [0, 0.05) is 54.5 Å². The number of nitrogens with zero attached hydrogens (tertiary/aromatic N) is 5. The molecule has 4 aromatic rings. The minimum atomic E-state index is -2.57. The van der Waals surface area contributed by atoms with Crippen molar-refractivity contribution in [3.05, 3.63) is 42.5 Å². The van der Waals surface area contributed by atoms with Crippen molar-refractivity contribution < 1.29 is 13.6 Å². The minimum Gasteiger partial charge on any atom is -0.351 e. The van der Waals surface area contributed by atoms with E-state index in [0.717, 1.165) is 48.0 Å². The van der Waals surface area contributed by atoms with Crippen LogP contribution in [0.5, 0.6) is 0 Å². The highest BCUT2D eigenvalue weighted by Gasteiger charge is 2.35. The smallest absolute Gasteiger partial charge is 0.255 e. The number of hydrogen-bond acceptors (Lipinski definition) is 6. The van der Waals surface area contributed by atoms with E-state index in [1.165, 1.54) is 0 Å². The van der Waals surface area contributed by atoms with Gasteiger partial charge in [0.05, 0.1) is 17.3 Å². The van der Waals surface area contributed by atoms with Gasteiger partial charge in [-0.2, -0.15) is 10.1 Å². The van der Waals surface area contributed by atoms with E-state index >= 15 is 0 Å². The van der Waals surface area contributed by atoms with Crippen LogP contribution in [0.1, 0.15) is 48.9 Å². The molecule has 0 aromatic carbocycles. The summed E-state index contributed by atoms with van der Waals surface area (Å²) in [5.74, 6) is -2.25. The number of nitrogens with one attached hydrogen (secondary N) is 3. The molecule has 6 rings (SSSR count). The summed E-state index contributed by atoms with van der Waals surface area (Å²) < 4.78 is 28.6. The van der Waals surface area contributed by atoms with E-state index in [-0.39, 0.29) is 30.8 Å². The number of halogens is 2. The number of aromatic amines is 1. The fourth-order valence-electron chi connectivity index (χ4n) is 5.32. The summed E-state index contributed by atoms with van der Waals surface area (Å²) in [6.07, 6.45) is 9.48. The van der Waals surface area contributed by atoms with Gasteiger partial charge in [0.1, 0.15) is 5.65 Å². The van der Waals surface area contributed by atoms with E-state index in [2.05, 4.69) is 42.6 Å². The van der Waals surface area contributed by atoms with Crippen LogP contribution in [0.4, 0.5) is 14.7 Å². The molecule has 4 aromatic heterocycles. The highest BCUT2D eigenvalue weighted by atomic mass is 19.3. The van der Waals surface area contributed by atoms with Gasteiger partial charge < -0.3 is 20.5 Å². The topological polar surface area (TPSA) is 103 Å². The zero-order chi connectivity index (χ0) is 25.6. The minimum absolute atomic E-state index is 0.0603. The highest BCUT2D eigenvalue weighted by Crippen LogP contribution is 2.34. The van der Waals surface area contributed by atoms with Crippen molar-refractivity contribution in [2.24, 2.45) is 0 Å². The maximum Gasteiger partial charge on any atom is 0.255 e. The van der Waals surface area contributed by atoms with Crippen LogP contribution in [0.2, 0.25) is 0 Å². The van der Waals surface area contributed by atoms with Gasteiger partial charge in [-0.1, -0.05) is 0 Å². The number of H-pyrrole nitrogens is 1. The summed E-state index contributed by atoms with van der Waals surface area (Å²) in [6.45, 7) is 1.95. The van der Waals surface area contributed by atoms with Gasteiger partial charge in [0.15, 0.2) is 0 Å². The normalized spacial score (nSPS) is 19.4. The number of pyridine rings is 1. The van der Waals surface area contributed by atoms with Crippen molar-refractivity contribution >= 4 is 28.4 Å². The molecule has 194 valence electrons. The number of piperidine rings is 1. The second kappa shape index (κ2) is 9.37. The molecule has 1 saturated heterocycles. The lowest BCUT2D eigenvalue weighted by Gasteiger charge is -2.29. The molecule has 0 unspecified atom stereocenters. The van der Waals surface area contributed by atoms with Crippen LogP contribution in [-0.4, -0.2) is 73.5 Å². The molecule has 0 atom stereocenters. The zero-order valence-corrected chi connectivity index (χ0v) is 20.7. The summed E-state index contributed by atoms with van der Waals surface area (Å²) in [6, 6.07) is 4.00. The van der Waals surface area contributed by atoms with E-state index in [4.69, 9.17) is 0 Å². The molecule has 1 aliphatic heterocycles. The Kier molecular flexibility index (Phi) is 6.02. The monoisotopic (exact) mass is 508 g/mol. The van der Waals surface area contributed by atoms with Crippen LogP contribution >= 0.6 is 0 Å². The molecule has 0 radical (unpaired) electrons. The van der Waals surface area contributed by atoms with E-state index in [9.17, 15) is 13.6 Å². The average molecular weight is 509 g/mol. The molecular weight excluding hydrogens is 478 g/mol. The molecule has 9 nitrogen and oxygen atoms in total. The molecule has 2 aliphatic rings. The van der Waals surface area contributed by atoms with Gasteiger partial charge in [0.25, 0.3) is 5.91 Å². The number of alkyl halides is 2. The number of aromatic nitrogens is 5. The third-order valence-corrected chi connectivity index (χ3v) is 7.61. The summed E-state index contributed by atoms with van der Waals surface area (Å²) in [7, 11) is 2.10. The van der Waals surface area contributed by atoms with E-state index in [1.54, 1.807) is 16.9 Å². The summed E-state index contributed by atoms with van der Waals surface area (Å²) in [4.78, 5) is 27.5. The van der Waals surface area contributed by atoms with Gasteiger partial charge in [-0.25, -0.2) is 18.3 Å². The van der Waals surface area contributed by atoms with Crippen molar-refractivity contribution in [1.82, 2.24) is 34.8 Å². The fourth-order valence-corrected chi connectivity index (χ4v) is 5.32. The van der Waals surface area contributed by atoms with Crippen LogP contribution in [0.25, 0.3) is 27.7 Å². The van der Waals surface area contributed by atoms with Gasteiger partial charge in [-0.15, -0.1) is 0 Å². The largest absolute Gasteiger partial charge is 0.351 e. The lowest BCUT2D eigenvalue weighted by molar-refractivity contribution is -0.0361. The number of amides is 1. The standard InChI is InChI=1S/C26H30F2N8O/c1-35-9-5-18(6-10-35)32-24(37)21-15-31-36-11-4-16(12-22(21)36)19-13-29-23-20(19)14-30-25(34-23)33-17-2-7-26(27,28)8-3-17/h4,11-15,17-18H,2-3,5-10H2,1H3,(H,32,37)(H2,29,30,33,34). The van der Waals surface area contributed by atoms with Crippen molar-refractivity contribution in [3.63, 3.8) is 0 Å². The number of carbonyl (C=O) groups excluding carboxylic acids is 1. The van der Waals surface area contributed by atoms with E-state index in [0.29, 0.717) is 30.0 Å². The number of anilines is 1. The van der Waals surface area contributed by atoms with Gasteiger partial charge in [0.2, 0.25) is 11.9 Å². The Hall–Kier alpha value is -3.60.